The lowest BCUT2D eigenvalue weighted by Crippen LogP contribution is -2.22. The Morgan fingerprint density at radius 3 is 2.31 bits per heavy atom. The van der Waals surface area contributed by atoms with Crippen molar-refractivity contribution in [1.82, 2.24) is 0 Å². The number of anilines is 1. The number of ether oxygens (including phenoxy) is 1. The number of ketones is 1. The Labute approximate surface area is 153 Å². The van der Waals surface area contributed by atoms with E-state index in [1.807, 2.05) is 19.9 Å². The lowest BCUT2D eigenvalue weighted by Gasteiger charge is -2.11. The molecule has 0 saturated carbocycles. The summed E-state index contributed by atoms with van der Waals surface area (Å²) >= 11 is 0. The van der Waals surface area contributed by atoms with E-state index < -0.39 is 11.9 Å². The number of hydrogen-bond acceptors (Lipinski definition) is 4. The van der Waals surface area contributed by atoms with Gasteiger partial charge in [0.1, 0.15) is 0 Å². The number of benzene rings is 2. The summed E-state index contributed by atoms with van der Waals surface area (Å²) in [5.74, 6) is -0.665. The second kappa shape index (κ2) is 9.51. The van der Waals surface area contributed by atoms with Crippen molar-refractivity contribution in [3.8, 4) is 0 Å². The summed E-state index contributed by atoms with van der Waals surface area (Å²) in [7, 11) is 0. The number of carbonyl (C=O) groups is 3. The maximum Gasteiger partial charge on any atom is 0.306 e. The van der Waals surface area contributed by atoms with Crippen LogP contribution in [0.1, 0.15) is 42.6 Å². The first-order valence-corrected chi connectivity index (χ1v) is 8.61. The fraction of sp³-hybridized carbons (Fsp3) is 0.286. The largest absolute Gasteiger partial charge is 0.456 e. The fourth-order valence-corrected chi connectivity index (χ4v) is 2.35. The molecule has 0 aliphatic rings. The normalized spacial score (nSPS) is 10.4. The van der Waals surface area contributed by atoms with Crippen molar-refractivity contribution in [1.29, 1.82) is 0 Å². The molecule has 2 aromatic carbocycles. The highest BCUT2D eigenvalue weighted by Crippen LogP contribution is 2.19. The Hall–Kier alpha value is -2.95. The molecule has 0 heterocycles. The van der Waals surface area contributed by atoms with Gasteiger partial charge in [-0.05, 0) is 24.5 Å². The number of rotatable bonds is 8. The first kappa shape index (κ1) is 19.4. The minimum atomic E-state index is -0.476. The fourth-order valence-electron chi connectivity index (χ4n) is 2.35. The summed E-state index contributed by atoms with van der Waals surface area (Å²) < 4.78 is 4.98. The summed E-state index contributed by atoms with van der Waals surface area (Å²) in [4.78, 5) is 36.3. The van der Waals surface area contributed by atoms with Crippen molar-refractivity contribution in [2.75, 3.05) is 11.9 Å². The van der Waals surface area contributed by atoms with Gasteiger partial charge in [0.2, 0.25) is 0 Å². The highest BCUT2D eigenvalue weighted by molar-refractivity contribution is 6.13. The zero-order valence-electron chi connectivity index (χ0n) is 15.0. The summed E-state index contributed by atoms with van der Waals surface area (Å²) in [6.45, 7) is 3.66. The molecule has 26 heavy (non-hydrogen) atoms. The lowest BCUT2D eigenvalue weighted by atomic mass is 10.0. The minimum Gasteiger partial charge on any atom is -0.456 e. The third-order valence-electron chi connectivity index (χ3n) is 3.77. The molecule has 5 nitrogen and oxygen atoms in total. The van der Waals surface area contributed by atoms with Gasteiger partial charge in [-0.3, -0.25) is 14.4 Å². The first-order chi connectivity index (χ1) is 12.5. The van der Waals surface area contributed by atoms with E-state index in [1.165, 1.54) is 0 Å². The van der Waals surface area contributed by atoms with Crippen molar-refractivity contribution in [2.24, 2.45) is 5.92 Å². The summed E-state index contributed by atoms with van der Waals surface area (Å²) in [6, 6.07) is 15.6. The minimum absolute atomic E-state index is 0.185. The molecule has 0 fully saturated rings. The molecule has 0 aromatic heterocycles. The first-order valence-electron chi connectivity index (χ1n) is 8.61. The van der Waals surface area contributed by atoms with Gasteiger partial charge in [-0.15, -0.1) is 0 Å². The standard InChI is InChI=1S/C21H23NO4/c1-15(2)12-13-20(24)26-14-19(23)22-18-11-7-6-10-17(18)21(25)16-8-4-3-5-9-16/h3-11,15H,12-14H2,1-2H3,(H,22,23). The average Bonchev–Trinajstić information content (AvgIpc) is 2.65. The third-order valence-corrected chi connectivity index (χ3v) is 3.77. The van der Waals surface area contributed by atoms with E-state index in [0.717, 1.165) is 6.42 Å². The molecule has 0 unspecified atom stereocenters. The number of carbonyl (C=O) groups excluding carboxylic acids is 3. The predicted molar refractivity (Wildman–Crippen MR) is 100.0 cm³/mol. The van der Waals surface area contributed by atoms with Crippen molar-refractivity contribution < 1.29 is 19.1 Å². The molecule has 0 atom stereocenters. The van der Waals surface area contributed by atoms with Crippen LogP contribution in [-0.2, 0) is 14.3 Å². The van der Waals surface area contributed by atoms with Crippen LogP contribution in [0.3, 0.4) is 0 Å². The van der Waals surface area contributed by atoms with Crippen LogP contribution in [0.2, 0.25) is 0 Å². The van der Waals surface area contributed by atoms with Crippen LogP contribution in [0.4, 0.5) is 5.69 Å². The number of amides is 1. The molecule has 0 aliphatic carbocycles. The molecule has 0 saturated heterocycles. The molecule has 5 heteroatoms. The van der Waals surface area contributed by atoms with Crippen molar-refractivity contribution in [3.05, 3.63) is 65.7 Å². The highest BCUT2D eigenvalue weighted by Gasteiger charge is 2.15. The Morgan fingerprint density at radius 1 is 0.962 bits per heavy atom. The Balaban J connectivity index is 1.98. The van der Waals surface area contributed by atoms with Gasteiger partial charge < -0.3 is 10.1 Å². The van der Waals surface area contributed by atoms with Crippen molar-refractivity contribution in [2.45, 2.75) is 26.7 Å². The zero-order chi connectivity index (χ0) is 18.9. The quantitative estimate of drug-likeness (QED) is 0.578. The van der Waals surface area contributed by atoms with E-state index in [-0.39, 0.29) is 18.8 Å². The molecular formula is C21H23NO4. The maximum atomic E-state index is 12.6. The monoisotopic (exact) mass is 353 g/mol. The molecule has 136 valence electrons. The van der Waals surface area contributed by atoms with Crippen LogP contribution >= 0.6 is 0 Å². The van der Waals surface area contributed by atoms with Crippen LogP contribution in [0, 0.1) is 5.92 Å². The number of nitrogens with one attached hydrogen (secondary N) is 1. The van der Waals surface area contributed by atoms with E-state index in [2.05, 4.69) is 5.32 Å². The molecule has 1 N–H and O–H groups in total. The summed E-state index contributed by atoms with van der Waals surface area (Å²) in [5, 5.41) is 2.64. The summed E-state index contributed by atoms with van der Waals surface area (Å²) in [6.07, 6.45) is 1.00. The van der Waals surface area contributed by atoms with Crippen molar-refractivity contribution >= 4 is 23.3 Å². The van der Waals surface area contributed by atoms with Crippen molar-refractivity contribution in [3.63, 3.8) is 0 Å². The molecular weight excluding hydrogens is 330 g/mol. The summed E-state index contributed by atoms with van der Waals surface area (Å²) in [5.41, 5.74) is 1.32. The zero-order valence-corrected chi connectivity index (χ0v) is 15.0. The van der Waals surface area contributed by atoms with E-state index in [4.69, 9.17) is 4.74 Å². The van der Waals surface area contributed by atoms with Gasteiger partial charge in [-0.1, -0.05) is 56.3 Å². The molecule has 2 aromatic rings. The second-order valence-corrected chi connectivity index (χ2v) is 6.38. The SMILES string of the molecule is CC(C)CCC(=O)OCC(=O)Nc1ccccc1C(=O)c1ccccc1. The van der Waals surface area contributed by atoms with Crippen LogP contribution in [0.15, 0.2) is 54.6 Å². The molecule has 0 bridgehead atoms. The topological polar surface area (TPSA) is 72.5 Å². The molecule has 0 spiro atoms. The van der Waals surface area contributed by atoms with Gasteiger partial charge in [0.15, 0.2) is 12.4 Å². The smallest absolute Gasteiger partial charge is 0.306 e. The Kier molecular flexibility index (Phi) is 7.09. The number of para-hydroxylation sites is 1. The Morgan fingerprint density at radius 2 is 1.62 bits per heavy atom. The van der Waals surface area contributed by atoms with Gasteiger partial charge in [-0.2, -0.15) is 0 Å². The van der Waals surface area contributed by atoms with Crippen LogP contribution in [0.5, 0.6) is 0 Å². The maximum absolute atomic E-state index is 12.6. The molecule has 1 amide bonds. The highest BCUT2D eigenvalue weighted by atomic mass is 16.5. The van der Waals surface area contributed by atoms with Gasteiger partial charge in [-0.25, -0.2) is 0 Å². The molecule has 2 rings (SSSR count). The van der Waals surface area contributed by atoms with Gasteiger partial charge >= 0.3 is 5.97 Å². The van der Waals surface area contributed by atoms with E-state index >= 15 is 0 Å². The van der Waals surface area contributed by atoms with E-state index in [0.29, 0.717) is 22.7 Å². The van der Waals surface area contributed by atoms with Crippen LogP contribution in [0.25, 0.3) is 0 Å². The Bertz CT molecular complexity index is 769. The van der Waals surface area contributed by atoms with Gasteiger partial charge in [0.05, 0.1) is 5.69 Å². The number of esters is 1. The van der Waals surface area contributed by atoms with Crippen LogP contribution in [-0.4, -0.2) is 24.3 Å². The average molecular weight is 353 g/mol. The van der Waals surface area contributed by atoms with Gasteiger partial charge in [0.25, 0.3) is 5.91 Å². The lowest BCUT2D eigenvalue weighted by molar-refractivity contribution is -0.147. The van der Waals surface area contributed by atoms with Gasteiger partial charge in [0, 0.05) is 17.5 Å². The third kappa shape index (κ3) is 5.84. The number of hydrogen-bond donors (Lipinski definition) is 1. The van der Waals surface area contributed by atoms with E-state index in [1.54, 1.807) is 48.5 Å². The van der Waals surface area contributed by atoms with Crippen LogP contribution < -0.4 is 5.32 Å². The predicted octanol–water partition coefficient (Wildman–Crippen LogP) is 3.84. The molecule has 0 radical (unpaired) electrons. The van der Waals surface area contributed by atoms with E-state index in [9.17, 15) is 14.4 Å². The molecule has 0 aliphatic heterocycles. The second-order valence-electron chi connectivity index (χ2n) is 6.38.